The number of aliphatic hydroxyl groups excluding tert-OH is 2. The maximum absolute atomic E-state index is 17.7. The lowest BCUT2D eigenvalue weighted by molar-refractivity contribution is -0.297. The third-order valence-electron chi connectivity index (χ3n) is 10.2. The Hall–Kier alpha value is -1.82. The Morgan fingerprint density at radius 1 is 1.34 bits per heavy atom. The summed E-state index contributed by atoms with van der Waals surface area (Å²) in [7, 11) is 1.69. The van der Waals surface area contributed by atoms with Crippen molar-refractivity contribution in [2.75, 3.05) is 13.7 Å². The highest BCUT2D eigenvalue weighted by molar-refractivity contribution is 7.09. The second kappa shape index (κ2) is 8.84. The van der Waals surface area contributed by atoms with E-state index in [0.29, 0.717) is 6.54 Å². The van der Waals surface area contributed by atoms with Gasteiger partial charge in [0.25, 0.3) is 0 Å². The second-order valence-electron chi connectivity index (χ2n) is 12.1. The number of halogens is 2. The van der Waals surface area contributed by atoms with E-state index in [-0.39, 0.29) is 18.4 Å². The number of carbonyl (C=O) groups is 2. The van der Waals surface area contributed by atoms with E-state index in [1.54, 1.807) is 20.9 Å². The zero-order chi connectivity index (χ0) is 27.9. The smallest absolute Gasteiger partial charge is 0.192 e. The SMILES string of the molecule is C[C@@H]1C[C@H]2C3(N)C[C@H](F)C4=CC(=O)C=CC4(C)[C@@]3(F)C(O)CC2(C)[C@@]1(ON(C)Cc1cccs1)C(=O)CO. The van der Waals surface area contributed by atoms with Crippen molar-refractivity contribution in [3.05, 3.63) is 46.2 Å². The van der Waals surface area contributed by atoms with Gasteiger partial charge in [0.15, 0.2) is 22.8 Å². The van der Waals surface area contributed by atoms with Gasteiger partial charge >= 0.3 is 0 Å². The number of nitrogens with zero attached hydrogens (tertiary/aromatic N) is 1. The molecule has 0 aromatic carbocycles. The Kier molecular flexibility index (Phi) is 6.45. The van der Waals surface area contributed by atoms with Gasteiger partial charge in [-0.15, -0.1) is 11.3 Å². The minimum absolute atomic E-state index is 0.0214. The fourth-order valence-corrected chi connectivity index (χ4v) is 9.35. The van der Waals surface area contributed by atoms with Crippen molar-refractivity contribution in [1.29, 1.82) is 0 Å². The molecule has 1 aromatic rings. The van der Waals surface area contributed by atoms with Gasteiger partial charge in [-0.25, -0.2) is 8.78 Å². The number of Topliss-reactive ketones (excluding diaryl/α,β-unsaturated/α-hetero) is 1. The molecule has 5 rings (SSSR count). The Labute approximate surface area is 225 Å². The molecule has 0 amide bonds. The molecule has 4 aliphatic rings. The molecular formula is C28H36F2N2O5S. The lowest BCUT2D eigenvalue weighted by atomic mass is 9.41. The number of alkyl halides is 2. The Morgan fingerprint density at radius 2 is 2.05 bits per heavy atom. The van der Waals surface area contributed by atoms with Crippen molar-refractivity contribution < 1.29 is 33.4 Å². The van der Waals surface area contributed by atoms with E-state index < -0.39 is 76.3 Å². The maximum atomic E-state index is 17.7. The molecule has 9 atom stereocenters. The zero-order valence-corrected chi connectivity index (χ0v) is 22.9. The number of allylic oxidation sites excluding steroid dienone is 4. The summed E-state index contributed by atoms with van der Waals surface area (Å²) < 4.78 is 33.5. The summed E-state index contributed by atoms with van der Waals surface area (Å²) in [4.78, 5) is 33.2. The molecule has 3 fully saturated rings. The van der Waals surface area contributed by atoms with Crippen molar-refractivity contribution >= 4 is 22.9 Å². The number of hydrogen-bond donors (Lipinski definition) is 3. The minimum Gasteiger partial charge on any atom is -0.390 e. The van der Waals surface area contributed by atoms with Crippen LogP contribution in [0.25, 0.3) is 0 Å². The van der Waals surface area contributed by atoms with Crippen LogP contribution in [0.1, 0.15) is 44.9 Å². The average Bonchev–Trinajstić information content (AvgIpc) is 3.43. The van der Waals surface area contributed by atoms with Gasteiger partial charge in [-0.2, -0.15) is 5.06 Å². The summed E-state index contributed by atoms with van der Waals surface area (Å²) in [5, 5.41) is 25.2. The van der Waals surface area contributed by atoms with Crippen molar-refractivity contribution in [2.45, 2.75) is 75.7 Å². The van der Waals surface area contributed by atoms with Crippen molar-refractivity contribution in [3.63, 3.8) is 0 Å². The first-order chi connectivity index (χ1) is 17.7. The predicted molar refractivity (Wildman–Crippen MR) is 138 cm³/mol. The van der Waals surface area contributed by atoms with Crippen LogP contribution in [0.4, 0.5) is 8.78 Å². The van der Waals surface area contributed by atoms with Gasteiger partial charge in [0.1, 0.15) is 12.8 Å². The van der Waals surface area contributed by atoms with E-state index in [1.807, 2.05) is 17.5 Å². The van der Waals surface area contributed by atoms with E-state index in [4.69, 9.17) is 10.6 Å². The summed E-state index contributed by atoms with van der Waals surface area (Å²) >= 11 is 1.53. The van der Waals surface area contributed by atoms with E-state index in [0.717, 1.165) is 11.0 Å². The molecule has 4 aliphatic carbocycles. The third kappa shape index (κ3) is 3.28. The molecule has 0 aliphatic heterocycles. The van der Waals surface area contributed by atoms with Crippen LogP contribution in [0.2, 0.25) is 0 Å². The second-order valence-corrected chi connectivity index (χ2v) is 13.1. The molecular weight excluding hydrogens is 514 g/mol. The average molecular weight is 551 g/mol. The Bertz CT molecular complexity index is 1210. The topological polar surface area (TPSA) is 113 Å². The van der Waals surface area contributed by atoms with Crippen LogP contribution < -0.4 is 5.73 Å². The van der Waals surface area contributed by atoms with E-state index >= 15 is 8.78 Å². The molecule has 1 heterocycles. The molecule has 4 unspecified atom stereocenters. The van der Waals surface area contributed by atoms with Crippen molar-refractivity contribution in [3.8, 4) is 0 Å². The lowest BCUT2D eigenvalue weighted by Gasteiger charge is -2.67. The van der Waals surface area contributed by atoms with Crippen LogP contribution >= 0.6 is 11.3 Å². The monoisotopic (exact) mass is 550 g/mol. The number of fused-ring (bicyclic) bond motifs is 5. The number of hydroxylamine groups is 2. The molecule has 7 nitrogen and oxygen atoms in total. The Morgan fingerprint density at radius 3 is 2.68 bits per heavy atom. The summed E-state index contributed by atoms with van der Waals surface area (Å²) in [6.07, 6.45) is -0.181. The highest BCUT2D eigenvalue weighted by Crippen LogP contribution is 2.72. The third-order valence-corrected chi connectivity index (χ3v) is 11.0. The van der Waals surface area contributed by atoms with Gasteiger partial charge in [0.2, 0.25) is 0 Å². The van der Waals surface area contributed by atoms with Gasteiger partial charge in [-0.05, 0) is 60.8 Å². The normalized spacial score (nSPS) is 45.9. The fourth-order valence-electron chi connectivity index (χ4n) is 8.61. The largest absolute Gasteiger partial charge is 0.390 e. The van der Waals surface area contributed by atoms with Crippen molar-refractivity contribution in [2.24, 2.45) is 28.4 Å². The predicted octanol–water partition coefficient (Wildman–Crippen LogP) is 3.06. The van der Waals surface area contributed by atoms with Crippen LogP contribution in [0.3, 0.4) is 0 Å². The minimum atomic E-state index is -2.52. The zero-order valence-electron chi connectivity index (χ0n) is 22.1. The summed E-state index contributed by atoms with van der Waals surface area (Å²) in [6.45, 7) is 4.58. The van der Waals surface area contributed by atoms with Crippen LogP contribution in [0, 0.1) is 22.7 Å². The number of carbonyl (C=O) groups excluding carboxylic acids is 2. The van der Waals surface area contributed by atoms with Gasteiger partial charge in [0.05, 0.1) is 18.2 Å². The number of rotatable bonds is 6. The number of aliphatic hydroxyl groups is 2. The maximum Gasteiger partial charge on any atom is 0.192 e. The summed E-state index contributed by atoms with van der Waals surface area (Å²) in [5.41, 5.74) is -1.96. The van der Waals surface area contributed by atoms with E-state index in [1.165, 1.54) is 35.5 Å². The first kappa shape index (κ1) is 27.7. The molecule has 3 saturated carbocycles. The lowest BCUT2D eigenvalue weighted by Crippen LogP contribution is -2.82. The molecule has 0 saturated heterocycles. The number of hydrogen-bond acceptors (Lipinski definition) is 8. The number of thiophene rings is 1. The first-order valence-electron chi connectivity index (χ1n) is 13.0. The van der Waals surface area contributed by atoms with Crippen LogP contribution in [0.5, 0.6) is 0 Å². The molecule has 38 heavy (non-hydrogen) atoms. The molecule has 10 heteroatoms. The standard InChI is InChI=1S/C28H36F2N2O5S/c1-16-10-21-25(3,27(16,23(36)15-33)37-32(4)14-18-6-5-9-38-18)13-22(35)28(30)24(2)8-7-17(34)11-19(24)20(29)12-26(21,28)31/h5-9,11,16,20-22,33,35H,10,12-15,31H2,1-4H3/t16-,20+,21-,22?,24?,25?,26?,27+,28+/m1/s1. The van der Waals surface area contributed by atoms with Gasteiger partial charge in [-0.3, -0.25) is 14.4 Å². The first-order valence-corrected chi connectivity index (χ1v) is 13.9. The van der Waals surface area contributed by atoms with Crippen LogP contribution in [-0.4, -0.2) is 69.6 Å². The quantitative estimate of drug-likeness (QED) is 0.467. The van der Waals surface area contributed by atoms with Gasteiger partial charge in [0, 0.05) is 29.2 Å². The summed E-state index contributed by atoms with van der Waals surface area (Å²) in [6, 6.07) is 3.84. The molecule has 0 radical (unpaired) electrons. The molecule has 0 bridgehead atoms. The van der Waals surface area contributed by atoms with E-state index in [2.05, 4.69) is 0 Å². The highest BCUT2D eigenvalue weighted by atomic mass is 32.1. The molecule has 4 N–H and O–H groups in total. The molecule has 208 valence electrons. The van der Waals surface area contributed by atoms with Gasteiger partial charge in [-0.1, -0.05) is 26.0 Å². The number of ketones is 2. The number of nitrogens with two attached hydrogens (primary N) is 1. The highest BCUT2D eigenvalue weighted by Gasteiger charge is 2.82. The fraction of sp³-hybridized carbons (Fsp3) is 0.643. The Balaban J connectivity index is 1.63. The molecule has 1 aromatic heterocycles. The van der Waals surface area contributed by atoms with Gasteiger partial charge < -0.3 is 15.9 Å². The van der Waals surface area contributed by atoms with Crippen LogP contribution in [0.15, 0.2) is 41.3 Å². The van der Waals surface area contributed by atoms with Crippen LogP contribution in [-0.2, 0) is 21.0 Å². The van der Waals surface area contributed by atoms with E-state index in [9.17, 15) is 19.8 Å². The summed E-state index contributed by atoms with van der Waals surface area (Å²) in [5.74, 6) is -2.32. The molecule has 0 spiro atoms. The van der Waals surface area contributed by atoms with Crippen molar-refractivity contribution in [1.82, 2.24) is 5.06 Å².